The Hall–Kier alpha value is -1.06. The summed E-state index contributed by atoms with van der Waals surface area (Å²) in [5, 5.41) is 2.57. The van der Waals surface area contributed by atoms with Crippen LogP contribution in [-0.2, 0) is 14.3 Å². The van der Waals surface area contributed by atoms with Gasteiger partial charge < -0.3 is 10.1 Å². The van der Waals surface area contributed by atoms with Crippen LogP contribution >= 0.6 is 0 Å². The number of carbonyl (C=O) groups is 2. The van der Waals surface area contributed by atoms with Gasteiger partial charge in [0.1, 0.15) is 0 Å². The van der Waals surface area contributed by atoms with Gasteiger partial charge in [-0.15, -0.1) is 0 Å². The van der Waals surface area contributed by atoms with Gasteiger partial charge in [0.15, 0.2) is 0 Å². The third kappa shape index (κ3) is 2.44. The summed E-state index contributed by atoms with van der Waals surface area (Å²) in [6.45, 7) is 2.69. The van der Waals surface area contributed by atoms with Gasteiger partial charge in [0.2, 0.25) is 0 Å². The molecule has 1 aliphatic rings. The van der Waals surface area contributed by atoms with E-state index in [2.05, 4.69) is 17.0 Å². The fourth-order valence-electron chi connectivity index (χ4n) is 1.26. The second-order valence-electron chi connectivity index (χ2n) is 3.53. The number of nitrogens with one attached hydrogen (secondary N) is 1. The first-order valence-corrected chi connectivity index (χ1v) is 4.50. The lowest BCUT2D eigenvalue weighted by atomic mass is 10.0. The molecule has 0 bridgehead atoms. The molecule has 74 valence electrons. The molecule has 0 heterocycles. The van der Waals surface area contributed by atoms with E-state index in [1.165, 1.54) is 7.11 Å². The molecule has 1 saturated carbocycles. The van der Waals surface area contributed by atoms with E-state index in [0.29, 0.717) is 6.54 Å². The zero-order valence-electron chi connectivity index (χ0n) is 8.05. The van der Waals surface area contributed by atoms with Crippen LogP contribution in [0.1, 0.15) is 26.2 Å². The van der Waals surface area contributed by atoms with Crippen LogP contribution in [-0.4, -0.2) is 25.5 Å². The number of ether oxygens (including phenoxy) is 1. The Morgan fingerprint density at radius 1 is 1.46 bits per heavy atom. The topological polar surface area (TPSA) is 55.4 Å². The van der Waals surface area contributed by atoms with E-state index in [0.717, 1.165) is 19.3 Å². The molecule has 0 atom stereocenters. The minimum atomic E-state index is -0.813. The highest BCUT2D eigenvalue weighted by Crippen LogP contribution is 2.47. The molecule has 0 aliphatic heterocycles. The van der Waals surface area contributed by atoms with E-state index in [4.69, 9.17) is 0 Å². The molecule has 1 rings (SSSR count). The Kier molecular flexibility index (Phi) is 2.90. The summed E-state index contributed by atoms with van der Waals surface area (Å²) in [6, 6.07) is 0. The second-order valence-corrected chi connectivity index (χ2v) is 3.53. The summed E-state index contributed by atoms with van der Waals surface area (Å²) in [5.74, 6) is -1.45. The maximum atomic E-state index is 11.0. The molecule has 1 aliphatic carbocycles. The van der Waals surface area contributed by atoms with Crippen molar-refractivity contribution in [3.05, 3.63) is 0 Å². The minimum absolute atomic E-state index is 0.268. The lowest BCUT2D eigenvalue weighted by Gasteiger charge is -2.11. The zero-order valence-corrected chi connectivity index (χ0v) is 8.05. The smallest absolute Gasteiger partial charge is 0.396 e. The van der Waals surface area contributed by atoms with Crippen LogP contribution in [0.15, 0.2) is 0 Å². The van der Waals surface area contributed by atoms with Crippen LogP contribution in [0.25, 0.3) is 0 Å². The predicted octanol–water partition coefficient (Wildman–Crippen LogP) is 0.466. The molecule has 1 amide bonds. The molecule has 0 saturated heterocycles. The third-order valence-corrected chi connectivity index (χ3v) is 2.70. The average Bonchev–Trinajstić information content (AvgIpc) is 2.93. The Balaban J connectivity index is 2.26. The first-order chi connectivity index (χ1) is 6.13. The highest BCUT2D eigenvalue weighted by molar-refractivity contribution is 6.32. The number of carbonyl (C=O) groups excluding carboxylic acids is 2. The quantitative estimate of drug-likeness (QED) is 0.513. The van der Waals surface area contributed by atoms with Crippen LogP contribution in [0, 0.1) is 5.41 Å². The molecular weight excluding hydrogens is 170 g/mol. The molecule has 0 aromatic heterocycles. The molecular formula is C9H15NO3. The summed E-state index contributed by atoms with van der Waals surface area (Å²) in [4.78, 5) is 21.7. The van der Waals surface area contributed by atoms with Gasteiger partial charge in [0, 0.05) is 6.54 Å². The Morgan fingerprint density at radius 3 is 2.46 bits per heavy atom. The highest BCUT2D eigenvalue weighted by Gasteiger charge is 2.40. The number of hydrogen-bond acceptors (Lipinski definition) is 3. The first-order valence-electron chi connectivity index (χ1n) is 4.50. The van der Waals surface area contributed by atoms with Crippen molar-refractivity contribution in [3.8, 4) is 0 Å². The molecule has 0 aromatic carbocycles. The Morgan fingerprint density at radius 2 is 2.08 bits per heavy atom. The normalized spacial score (nSPS) is 17.7. The average molecular weight is 185 g/mol. The molecule has 0 unspecified atom stereocenters. The molecule has 4 nitrogen and oxygen atoms in total. The van der Waals surface area contributed by atoms with Crippen LogP contribution in [0.4, 0.5) is 0 Å². The van der Waals surface area contributed by atoms with E-state index in [9.17, 15) is 9.59 Å². The van der Waals surface area contributed by atoms with Crippen molar-refractivity contribution in [1.82, 2.24) is 5.32 Å². The van der Waals surface area contributed by atoms with Gasteiger partial charge in [0.05, 0.1) is 7.11 Å². The summed E-state index contributed by atoms with van der Waals surface area (Å²) < 4.78 is 4.28. The van der Waals surface area contributed by atoms with E-state index in [1.807, 2.05) is 0 Å². The molecule has 4 heteroatoms. The zero-order chi connectivity index (χ0) is 9.90. The van der Waals surface area contributed by atoms with Crippen LogP contribution in [0.5, 0.6) is 0 Å². The van der Waals surface area contributed by atoms with Crippen molar-refractivity contribution < 1.29 is 14.3 Å². The van der Waals surface area contributed by atoms with Crippen molar-refractivity contribution in [2.45, 2.75) is 26.2 Å². The monoisotopic (exact) mass is 185 g/mol. The fraction of sp³-hybridized carbons (Fsp3) is 0.778. The number of hydrogen-bond donors (Lipinski definition) is 1. The lowest BCUT2D eigenvalue weighted by Crippen LogP contribution is -2.35. The van der Waals surface area contributed by atoms with Gasteiger partial charge in [-0.2, -0.15) is 0 Å². The van der Waals surface area contributed by atoms with E-state index in [1.54, 1.807) is 0 Å². The number of methoxy groups -OCH3 is 1. The highest BCUT2D eigenvalue weighted by atomic mass is 16.5. The fourth-order valence-corrected chi connectivity index (χ4v) is 1.26. The van der Waals surface area contributed by atoms with Crippen LogP contribution in [0.3, 0.4) is 0 Å². The summed E-state index contributed by atoms with van der Waals surface area (Å²) in [7, 11) is 1.20. The van der Waals surface area contributed by atoms with Crippen LogP contribution in [0.2, 0.25) is 0 Å². The van der Waals surface area contributed by atoms with Gasteiger partial charge >= 0.3 is 11.9 Å². The summed E-state index contributed by atoms with van der Waals surface area (Å²) in [6.07, 6.45) is 3.34. The third-order valence-electron chi connectivity index (χ3n) is 2.70. The maximum absolute atomic E-state index is 11.0. The minimum Gasteiger partial charge on any atom is -0.462 e. The summed E-state index contributed by atoms with van der Waals surface area (Å²) in [5.41, 5.74) is 0.268. The Bertz CT molecular complexity index is 221. The molecule has 13 heavy (non-hydrogen) atoms. The van der Waals surface area contributed by atoms with Gasteiger partial charge in [-0.05, 0) is 24.7 Å². The van der Waals surface area contributed by atoms with E-state index >= 15 is 0 Å². The molecule has 0 aromatic rings. The molecule has 1 fully saturated rings. The van der Waals surface area contributed by atoms with E-state index < -0.39 is 11.9 Å². The summed E-state index contributed by atoms with van der Waals surface area (Å²) >= 11 is 0. The van der Waals surface area contributed by atoms with Crippen molar-refractivity contribution >= 4 is 11.9 Å². The van der Waals surface area contributed by atoms with Crippen molar-refractivity contribution in [1.29, 1.82) is 0 Å². The lowest BCUT2D eigenvalue weighted by molar-refractivity contribution is -0.152. The Labute approximate surface area is 77.6 Å². The molecule has 0 spiro atoms. The SMILES string of the molecule is CCC1(CNC(=O)C(=O)OC)CC1. The predicted molar refractivity (Wildman–Crippen MR) is 47.0 cm³/mol. The number of rotatable bonds is 3. The second kappa shape index (κ2) is 3.77. The largest absolute Gasteiger partial charge is 0.462 e. The maximum Gasteiger partial charge on any atom is 0.396 e. The van der Waals surface area contributed by atoms with Crippen molar-refractivity contribution in [2.24, 2.45) is 5.41 Å². The van der Waals surface area contributed by atoms with Crippen molar-refractivity contribution in [3.63, 3.8) is 0 Å². The van der Waals surface area contributed by atoms with Crippen molar-refractivity contribution in [2.75, 3.05) is 13.7 Å². The number of amides is 1. The molecule has 1 N–H and O–H groups in total. The van der Waals surface area contributed by atoms with Gasteiger partial charge in [-0.25, -0.2) is 4.79 Å². The number of esters is 1. The van der Waals surface area contributed by atoms with Gasteiger partial charge in [0.25, 0.3) is 0 Å². The van der Waals surface area contributed by atoms with E-state index in [-0.39, 0.29) is 5.41 Å². The van der Waals surface area contributed by atoms with Gasteiger partial charge in [-0.3, -0.25) is 4.79 Å². The first kappa shape index (κ1) is 10.0. The molecule has 0 radical (unpaired) electrons. The standard InChI is InChI=1S/C9H15NO3/c1-3-9(4-5-9)6-10-7(11)8(12)13-2/h3-6H2,1-2H3,(H,10,11). The van der Waals surface area contributed by atoms with Crippen LogP contribution < -0.4 is 5.32 Å². The van der Waals surface area contributed by atoms with Gasteiger partial charge in [-0.1, -0.05) is 6.92 Å².